The minimum Gasteiger partial charge on any atom is -0.465 e. The van der Waals surface area contributed by atoms with E-state index in [2.05, 4.69) is 26.5 Å². The molecule has 1 aromatic carbocycles. The van der Waals surface area contributed by atoms with Gasteiger partial charge in [0.2, 0.25) is 11.7 Å². The number of fused-ring (bicyclic) bond motifs is 1. The number of carboxylic acid groups (broad SMARTS) is 1. The average molecular weight is 532 g/mol. The van der Waals surface area contributed by atoms with Gasteiger partial charge in [-0.15, -0.1) is 0 Å². The van der Waals surface area contributed by atoms with Gasteiger partial charge in [-0.05, 0) is 70.7 Å². The van der Waals surface area contributed by atoms with Crippen molar-refractivity contribution in [3.05, 3.63) is 47.2 Å². The molecule has 11 heteroatoms. The Labute approximate surface area is 227 Å². The maximum Gasteiger partial charge on any atom is 0.408 e. The molecule has 2 aromatic heterocycles. The van der Waals surface area contributed by atoms with Crippen LogP contribution in [0.2, 0.25) is 0 Å². The molecule has 0 saturated heterocycles. The molecule has 39 heavy (non-hydrogen) atoms. The molecule has 1 aliphatic rings. The van der Waals surface area contributed by atoms with Crippen LogP contribution in [0.4, 0.5) is 10.6 Å². The maximum atomic E-state index is 13.0. The highest BCUT2D eigenvalue weighted by atomic mass is 16.5. The molecule has 204 valence electrons. The first-order valence-electron chi connectivity index (χ1n) is 12.9. The van der Waals surface area contributed by atoms with E-state index in [1.807, 2.05) is 32.0 Å². The fourth-order valence-electron chi connectivity index (χ4n) is 4.45. The number of hydrogen-bond acceptors (Lipinski definition) is 8. The number of nitrogens with zero attached hydrogens (tertiary/aromatic N) is 6. The van der Waals surface area contributed by atoms with E-state index in [0.29, 0.717) is 48.7 Å². The monoisotopic (exact) mass is 531 g/mol. The minimum atomic E-state index is -1.11. The normalized spacial score (nSPS) is 13.4. The summed E-state index contributed by atoms with van der Waals surface area (Å²) in [7, 11) is 0. The highest BCUT2D eigenvalue weighted by Gasteiger charge is 2.30. The number of amides is 2. The van der Waals surface area contributed by atoms with Gasteiger partial charge in [-0.2, -0.15) is 10.2 Å². The molecule has 0 aliphatic carbocycles. The van der Waals surface area contributed by atoms with Gasteiger partial charge in [-0.25, -0.2) is 9.78 Å². The SMILES string of the molecule is CC(C)Nc1ncc(-c2nc(-c3ccc4c(c3)CCN(C(=O)CN(C(=O)O)C(C)(C)C)CC4)no2)cc1C#N. The molecule has 2 N–H and O–H groups in total. The Kier molecular flexibility index (Phi) is 7.85. The number of carbonyl (C=O) groups is 2. The zero-order chi connectivity index (χ0) is 28.3. The van der Waals surface area contributed by atoms with Gasteiger partial charge in [0.15, 0.2) is 0 Å². The van der Waals surface area contributed by atoms with Gasteiger partial charge < -0.3 is 19.8 Å². The molecule has 0 fully saturated rings. The van der Waals surface area contributed by atoms with Crippen LogP contribution in [-0.2, 0) is 17.6 Å². The molecule has 4 rings (SSSR count). The number of carbonyl (C=O) groups excluding carboxylic acids is 1. The summed E-state index contributed by atoms with van der Waals surface area (Å²) in [5, 5.41) is 26.4. The molecule has 0 atom stereocenters. The van der Waals surface area contributed by atoms with E-state index in [0.717, 1.165) is 16.7 Å². The zero-order valence-electron chi connectivity index (χ0n) is 22.9. The van der Waals surface area contributed by atoms with Crippen molar-refractivity contribution in [3.8, 4) is 28.9 Å². The van der Waals surface area contributed by atoms with Gasteiger partial charge in [0, 0.05) is 36.4 Å². The van der Waals surface area contributed by atoms with Crippen molar-refractivity contribution < 1.29 is 19.2 Å². The standard InChI is InChI=1S/C28H33N7O4/c1-17(2)31-24-21(14-29)13-22(15-30-24)26-32-25(33-39-26)20-7-6-18-8-10-34(11-9-19(18)12-20)23(36)16-35(27(37)38)28(3,4)5/h6-7,12-13,15,17H,8-11,16H2,1-5H3,(H,30,31)(H,37,38). The van der Waals surface area contributed by atoms with Gasteiger partial charge in [-0.3, -0.25) is 9.69 Å². The highest BCUT2D eigenvalue weighted by molar-refractivity contribution is 5.82. The molecule has 11 nitrogen and oxygen atoms in total. The predicted molar refractivity (Wildman–Crippen MR) is 145 cm³/mol. The fourth-order valence-corrected chi connectivity index (χ4v) is 4.45. The lowest BCUT2D eigenvalue weighted by atomic mass is 10.00. The summed E-state index contributed by atoms with van der Waals surface area (Å²) in [4.78, 5) is 36.4. The Morgan fingerprint density at radius 2 is 1.90 bits per heavy atom. The smallest absolute Gasteiger partial charge is 0.408 e. The van der Waals surface area contributed by atoms with E-state index in [1.54, 1.807) is 37.9 Å². The van der Waals surface area contributed by atoms with Crippen molar-refractivity contribution in [2.75, 3.05) is 25.0 Å². The van der Waals surface area contributed by atoms with Gasteiger partial charge in [0.05, 0.1) is 11.1 Å². The topological polar surface area (TPSA) is 148 Å². The lowest BCUT2D eigenvalue weighted by Crippen LogP contribution is -2.51. The minimum absolute atomic E-state index is 0.131. The Morgan fingerprint density at radius 3 is 2.54 bits per heavy atom. The third-order valence-corrected chi connectivity index (χ3v) is 6.56. The largest absolute Gasteiger partial charge is 0.465 e. The molecule has 3 heterocycles. The predicted octanol–water partition coefficient (Wildman–Crippen LogP) is 4.20. The lowest BCUT2D eigenvalue weighted by Gasteiger charge is -2.34. The molecule has 0 bridgehead atoms. The molecule has 0 radical (unpaired) electrons. The van der Waals surface area contributed by atoms with Crippen LogP contribution >= 0.6 is 0 Å². The number of aromatic nitrogens is 3. The van der Waals surface area contributed by atoms with Crippen molar-refractivity contribution in [1.29, 1.82) is 5.26 Å². The van der Waals surface area contributed by atoms with Gasteiger partial charge in [0.25, 0.3) is 5.89 Å². The molecule has 0 saturated carbocycles. The summed E-state index contributed by atoms with van der Waals surface area (Å²) < 4.78 is 5.49. The number of pyridine rings is 1. The molecule has 0 unspecified atom stereocenters. The van der Waals surface area contributed by atoms with E-state index in [1.165, 1.54) is 4.90 Å². The summed E-state index contributed by atoms with van der Waals surface area (Å²) in [5.74, 6) is 0.972. The second kappa shape index (κ2) is 11.1. The van der Waals surface area contributed by atoms with Gasteiger partial charge >= 0.3 is 6.09 Å². The third-order valence-electron chi connectivity index (χ3n) is 6.56. The van der Waals surface area contributed by atoms with Gasteiger partial charge in [-0.1, -0.05) is 17.3 Å². The molecular formula is C28H33N7O4. The summed E-state index contributed by atoms with van der Waals surface area (Å²) in [6.07, 6.45) is 1.78. The second-order valence-corrected chi connectivity index (χ2v) is 10.9. The van der Waals surface area contributed by atoms with E-state index >= 15 is 0 Å². The van der Waals surface area contributed by atoms with Crippen LogP contribution in [0.3, 0.4) is 0 Å². The van der Waals surface area contributed by atoms with Crippen LogP contribution in [0.15, 0.2) is 35.0 Å². The molecule has 1 aliphatic heterocycles. The Morgan fingerprint density at radius 1 is 1.18 bits per heavy atom. The Hall–Kier alpha value is -4.46. The lowest BCUT2D eigenvalue weighted by molar-refractivity contribution is -0.133. The number of anilines is 1. The van der Waals surface area contributed by atoms with E-state index < -0.39 is 11.6 Å². The van der Waals surface area contributed by atoms with Gasteiger partial charge in [0.1, 0.15) is 18.4 Å². The van der Waals surface area contributed by atoms with Crippen LogP contribution in [0.1, 0.15) is 51.3 Å². The third kappa shape index (κ3) is 6.34. The average Bonchev–Trinajstić information content (AvgIpc) is 3.27. The number of nitriles is 1. The number of benzene rings is 1. The van der Waals surface area contributed by atoms with Crippen LogP contribution in [0, 0.1) is 11.3 Å². The van der Waals surface area contributed by atoms with Crippen molar-refractivity contribution in [3.63, 3.8) is 0 Å². The molecule has 3 aromatic rings. The van der Waals surface area contributed by atoms with Crippen molar-refractivity contribution in [2.24, 2.45) is 0 Å². The Balaban J connectivity index is 1.49. The molecular weight excluding hydrogens is 498 g/mol. The van der Waals surface area contributed by atoms with Crippen molar-refractivity contribution in [1.82, 2.24) is 24.9 Å². The first-order valence-corrected chi connectivity index (χ1v) is 12.9. The number of nitrogens with one attached hydrogen (secondary N) is 1. The number of hydrogen-bond donors (Lipinski definition) is 2. The Bertz CT molecular complexity index is 1420. The first kappa shape index (κ1) is 27.6. The molecule has 2 amide bonds. The second-order valence-electron chi connectivity index (χ2n) is 10.9. The summed E-state index contributed by atoms with van der Waals surface area (Å²) in [6.45, 7) is 10.1. The van der Waals surface area contributed by atoms with Crippen LogP contribution in [-0.4, -0.2) is 73.2 Å². The highest BCUT2D eigenvalue weighted by Crippen LogP contribution is 2.27. The fraction of sp³-hybridized carbons (Fsp3) is 0.429. The molecule has 0 spiro atoms. The number of rotatable bonds is 6. The zero-order valence-corrected chi connectivity index (χ0v) is 22.9. The van der Waals surface area contributed by atoms with Crippen LogP contribution < -0.4 is 5.32 Å². The first-order chi connectivity index (χ1) is 18.5. The van der Waals surface area contributed by atoms with Crippen LogP contribution in [0.5, 0.6) is 0 Å². The van der Waals surface area contributed by atoms with Crippen molar-refractivity contribution >= 4 is 17.8 Å². The maximum absolute atomic E-state index is 13.0. The summed E-state index contributed by atoms with van der Waals surface area (Å²) in [6, 6.07) is 9.89. The van der Waals surface area contributed by atoms with E-state index in [4.69, 9.17) is 4.52 Å². The van der Waals surface area contributed by atoms with Crippen LogP contribution in [0.25, 0.3) is 22.8 Å². The van der Waals surface area contributed by atoms with E-state index in [-0.39, 0.29) is 24.4 Å². The van der Waals surface area contributed by atoms with Crippen molar-refractivity contribution in [2.45, 2.75) is 59.0 Å². The summed E-state index contributed by atoms with van der Waals surface area (Å²) in [5.41, 5.74) is 3.25. The quantitative estimate of drug-likeness (QED) is 0.477. The summed E-state index contributed by atoms with van der Waals surface area (Å²) >= 11 is 0. The van der Waals surface area contributed by atoms with E-state index in [9.17, 15) is 20.0 Å².